The van der Waals surface area contributed by atoms with Crippen molar-refractivity contribution in [3.8, 4) is 0 Å². The van der Waals surface area contributed by atoms with Crippen molar-refractivity contribution in [2.45, 2.75) is 46.4 Å². The highest BCUT2D eigenvalue weighted by Gasteiger charge is 2.16. The fourth-order valence-corrected chi connectivity index (χ4v) is 1.94. The molecule has 23 heavy (non-hydrogen) atoms. The zero-order valence-corrected chi connectivity index (χ0v) is 15.1. The lowest BCUT2D eigenvalue weighted by atomic mass is 10.1. The van der Waals surface area contributed by atoms with Crippen LogP contribution in [0, 0.1) is 0 Å². The Bertz CT molecular complexity index is 487. The first-order chi connectivity index (χ1) is 11.0. The van der Waals surface area contributed by atoms with Crippen molar-refractivity contribution in [2.24, 2.45) is 4.99 Å². The van der Waals surface area contributed by atoms with Gasteiger partial charge in [0.2, 0.25) is 0 Å². The first-order valence-corrected chi connectivity index (χ1v) is 8.24. The van der Waals surface area contributed by atoms with Crippen LogP contribution in [0.2, 0.25) is 0 Å². The molecule has 130 valence electrons. The number of nitrogens with zero attached hydrogens (tertiary/aromatic N) is 1. The van der Waals surface area contributed by atoms with Crippen LogP contribution < -0.4 is 10.6 Å². The average molecular weight is 321 g/mol. The van der Waals surface area contributed by atoms with Gasteiger partial charge in [0.15, 0.2) is 5.96 Å². The molecule has 0 aliphatic carbocycles. The number of guanidine groups is 1. The van der Waals surface area contributed by atoms with Gasteiger partial charge in [-0.2, -0.15) is 0 Å². The lowest BCUT2D eigenvalue weighted by molar-refractivity contribution is 0.0268. The molecule has 2 N–H and O–H groups in total. The first-order valence-electron chi connectivity index (χ1n) is 8.24. The largest absolute Gasteiger partial charge is 0.377 e. The van der Waals surface area contributed by atoms with Gasteiger partial charge >= 0.3 is 0 Å². The van der Waals surface area contributed by atoms with E-state index in [9.17, 15) is 0 Å². The monoisotopic (exact) mass is 321 g/mol. The third-order valence-electron chi connectivity index (χ3n) is 3.57. The molecule has 0 heterocycles. The Morgan fingerprint density at radius 3 is 2.43 bits per heavy atom. The van der Waals surface area contributed by atoms with Crippen molar-refractivity contribution in [3.63, 3.8) is 0 Å². The van der Waals surface area contributed by atoms with Gasteiger partial charge in [0, 0.05) is 26.8 Å². The molecule has 0 aliphatic heterocycles. The quantitative estimate of drug-likeness (QED) is 0.542. The lowest BCUT2D eigenvalue weighted by Crippen LogP contribution is -2.45. The fraction of sp³-hybridized carbons (Fsp3) is 0.611. The van der Waals surface area contributed by atoms with Crippen molar-refractivity contribution in [2.75, 3.05) is 26.8 Å². The second kappa shape index (κ2) is 10.2. The third-order valence-corrected chi connectivity index (χ3v) is 3.57. The van der Waals surface area contributed by atoms with E-state index in [1.54, 1.807) is 7.11 Å². The molecule has 5 nitrogen and oxygen atoms in total. The molecular weight excluding hydrogens is 290 g/mol. The smallest absolute Gasteiger partial charge is 0.191 e. The van der Waals surface area contributed by atoms with Gasteiger partial charge in [-0.25, -0.2) is 4.99 Å². The van der Waals surface area contributed by atoms with Gasteiger partial charge in [-0.1, -0.05) is 24.3 Å². The van der Waals surface area contributed by atoms with Crippen LogP contribution >= 0.6 is 0 Å². The number of aliphatic imine (C=N–C) groups is 1. The third kappa shape index (κ3) is 7.48. The molecule has 0 saturated heterocycles. The number of benzene rings is 1. The predicted molar refractivity (Wildman–Crippen MR) is 95.7 cm³/mol. The summed E-state index contributed by atoms with van der Waals surface area (Å²) in [5.41, 5.74) is 2.14. The van der Waals surface area contributed by atoms with Crippen molar-refractivity contribution in [1.29, 1.82) is 0 Å². The summed E-state index contributed by atoms with van der Waals surface area (Å²) in [6.45, 7) is 11.6. The van der Waals surface area contributed by atoms with E-state index in [4.69, 9.17) is 9.47 Å². The highest BCUT2D eigenvalue weighted by molar-refractivity contribution is 5.79. The summed E-state index contributed by atoms with van der Waals surface area (Å²) in [5, 5.41) is 6.59. The minimum Gasteiger partial charge on any atom is -0.377 e. The van der Waals surface area contributed by atoms with E-state index in [0.717, 1.165) is 12.5 Å². The second-order valence-electron chi connectivity index (χ2n) is 5.92. The molecule has 1 rings (SSSR count). The second-order valence-corrected chi connectivity index (χ2v) is 5.92. The Balaban J connectivity index is 2.73. The molecule has 5 heteroatoms. The van der Waals surface area contributed by atoms with E-state index < -0.39 is 0 Å². The van der Waals surface area contributed by atoms with Crippen LogP contribution in [-0.4, -0.2) is 38.4 Å². The van der Waals surface area contributed by atoms with Crippen molar-refractivity contribution in [1.82, 2.24) is 10.6 Å². The highest BCUT2D eigenvalue weighted by Crippen LogP contribution is 2.11. The molecule has 1 aromatic rings. The summed E-state index contributed by atoms with van der Waals surface area (Å²) in [5.74, 6) is 0.795. The number of rotatable bonds is 9. The minimum atomic E-state index is -0.233. The molecule has 0 aliphatic rings. The van der Waals surface area contributed by atoms with E-state index in [0.29, 0.717) is 26.3 Å². The average Bonchev–Trinajstić information content (AvgIpc) is 2.56. The molecule has 0 unspecified atom stereocenters. The number of ether oxygens (including phenoxy) is 2. The summed E-state index contributed by atoms with van der Waals surface area (Å²) in [7, 11) is 1.72. The molecule has 0 spiro atoms. The summed E-state index contributed by atoms with van der Waals surface area (Å²) in [4.78, 5) is 4.67. The van der Waals surface area contributed by atoms with Crippen LogP contribution in [0.5, 0.6) is 0 Å². The Labute approximate surface area is 140 Å². The number of methoxy groups -OCH3 is 1. The maximum Gasteiger partial charge on any atom is 0.191 e. The Morgan fingerprint density at radius 2 is 1.83 bits per heavy atom. The van der Waals surface area contributed by atoms with Crippen molar-refractivity contribution >= 4 is 5.96 Å². The van der Waals surface area contributed by atoms with E-state index in [2.05, 4.69) is 34.7 Å². The van der Waals surface area contributed by atoms with Gasteiger partial charge in [-0.3, -0.25) is 0 Å². The summed E-state index contributed by atoms with van der Waals surface area (Å²) in [6.07, 6.45) is 0. The van der Waals surface area contributed by atoms with Crippen LogP contribution in [0.15, 0.2) is 29.3 Å². The molecule has 0 radical (unpaired) electrons. The maximum atomic E-state index is 5.53. The SMILES string of the molecule is CCNC(=NCc1ccccc1COCC)NCC(C)(C)OC. The molecule has 0 saturated carbocycles. The minimum absolute atomic E-state index is 0.233. The molecule has 1 aromatic carbocycles. The van der Waals surface area contributed by atoms with E-state index in [-0.39, 0.29) is 5.60 Å². The van der Waals surface area contributed by atoms with Gasteiger partial charge < -0.3 is 20.1 Å². The summed E-state index contributed by atoms with van der Waals surface area (Å²) in [6, 6.07) is 8.26. The van der Waals surface area contributed by atoms with Gasteiger partial charge in [0.05, 0.1) is 18.8 Å². The summed E-state index contributed by atoms with van der Waals surface area (Å²) >= 11 is 0. The number of hydrogen-bond acceptors (Lipinski definition) is 3. The van der Waals surface area contributed by atoms with E-state index >= 15 is 0 Å². The van der Waals surface area contributed by atoms with Crippen LogP contribution in [0.1, 0.15) is 38.8 Å². The van der Waals surface area contributed by atoms with Crippen molar-refractivity contribution < 1.29 is 9.47 Å². The molecule has 0 bridgehead atoms. The summed E-state index contributed by atoms with van der Waals surface area (Å²) < 4.78 is 11.0. The highest BCUT2D eigenvalue weighted by atomic mass is 16.5. The van der Waals surface area contributed by atoms with E-state index in [1.807, 2.05) is 32.9 Å². The van der Waals surface area contributed by atoms with Gasteiger partial charge in [-0.05, 0) is 38.8 Å². The zero-order chi connectivity index (χ0) is 17.1. The molecule has 0 aromatic heterocycles. The zero-order valence-electron chi connectivity index (χ0n) is 15.1. The van der Waals surface area contributed by atoms with Crippen LogP contribution in [0.25, 0.3) is 0 Å². The Kier molecular flexibility index (Phi) is 8.66. The fourth-order valence-electron chi connectivity index (χ4n) is 1.94. The van der Waals surface area contributed by atoms with E-state index in [1.165, 1.54) is 11.1 Å². The Hall–Kier alpha value is -1.59. The normalized spacial score (nSPS) is 12.3. The number of nitrogens with one attached hydrogen (secondary N) is 2. The number of hydrogen-bond donors (Lipinski definition) is 2. The van der Waals surface area contributed by atoms with Gasteiger partial charge in [-0.15, -0.1) is 0 Å². The van der Waals surface area contributed by atoms with Gasteiger partial charge in [0.25, 0.3) is 0 Å². The topological polar surface area (TPSA) is 54.9 Å². The van der Waals surface area contributed by atoms with Crippen LogP contribution in [0.4, 0.5) is 0 Å². The molecule has 0 amide bonds. The molecular formula is C18H31N3O2. The standard InChI is InChI=1S/C18H31N3O2/c1-6-19-17(21-14-18(3,4)22-5)20-12-15-10-8-9-11-16(15)13-23-7-2/h8-11H,6-7,12-14H2,1-5H3,(H2,19,20,21). The van der Waals surface area contributed by atoms with Crippen LogP contribution in [-0.2, 0) is 22.6 Å². The Morgan fingerprint density at radius 1 is 1.13 bits per heavy atom. The van der Waals surface area contributed by atoms with Crippen molar-refractivity contribution in [3.05, 3.63) is 35.4 Å². The van der Waals surface area contributed by atoms with Crippen LogP contribution in [0.3, 0.4) is 0 Å². The lowest BCUT2D eigenvalue weighted by Gasteiger charge is -2.24. The predicted octanol–water partition coefficient (Wildman–Crippen LogP) is 2.70. The molecule has 0 fully saturated rings. The maximum absolute atomic E-state index is 5.53. The van der Waals surface area contributed by atoms with Gasteiger partial charge in [0.1, 0.15) is 0 Å². The molecule has 0 atom stereocenters. The first kappa shape index (κ1) is 19.5.